The van der Waals surface area contributed by atoms with Crippen LogP contribution in [0.15, 0.2) is 41.5 Å². The van der Waals surface area contributed by atoms with Crippen molar-refractivity contribution in [1.29, 1.82) is 0 Å². The molecule has 0 radical (unpaired) electrons. The Morgan fingerprint density at radius 2 is 2.00 bits per heavy atom. The van der Waals surface area contributed by atoms with E-state index in [9.17, 15) is 0 Å². The van der Waals surface area contributed by atoms with Gasteiger partial charge in [-0.1, -0.05) is 25.5 Å². The molecule has 0 unspecified atom stereocenters. The van der Waals surface area contributed by atoms with Crippen LogP contribution >= 0.6 is 24.0 Å². The van der Waals surface area contributed by atoms with Crippen LogP contribution in [0.1, 0.15) is 30.9 Å². The van der Waals surface area contributed by atoms with Crippen LogP contribution in [0.3, 0.4) is 0 Å². The second kappa shape index (κ2) is 11.6. The molecule has 1 aliphatic rings. The highest BCUT2D eigenvalue weighted by Crippen LogP contribution is 2.32. The lowest BCUT2D eigenvalue weighted by atomic mass is 10.2. The molecule has 1 aromatic carbocycles. The summed E-state index contributed by atoms with van der Waals surface area (Å²) >= 11 is 0. The number of unbranched alkanes of at least 4 members (excludes halogenated alkanes) is 1. The molecular formula is C20H27IN4O3. The van der Waals surface area contributed by atoms with E-state index in [0.29, 0.717) is 31.5 Å². The fourth-order valence-electron chi connectivity index (χ4n) is 2.64. The van der Waals surface area contributed by atoms with Gasteiger partial charge in [0.2, 0.25) is 12.7 Å². The standard InChI is InChI=1S/C20H26N4O3.HI/c1-3-4-10-25-19-16(6-5-9-22-19)13-24-20(21-2)23-12-15-7-8-17-18(11-15)27-14-26-17;/h5-9,11H,3-4,10,12-14H2,1-2H3,(H2,21,23,24);1H. The third-order valence-electron chi connectivity index (χ3n) is 4.15. The third-order valence-corrected chi connectivity index (χ3v) is 4.15. The minimum absolute atomic E-state index is 0. The molecule has 2 heterocycles. The molecule has 2 aromatic rings. The van der Waals surface area contributed by atoms with E-state index >= 15 is 0 Å². The minimum Gasteiger partial charge on any atom is -0.477 e. The monoisotopic (exact) mass is 498 g/mol. The summed E-state index contributed by atoms with van der Waals surface area (Å²) < 4.78 is 16.5. The van der Waals surface area contributed by atoms with E-state index in [2.05, 4.69) is 27.5 Å². The number of aromatic nitrogens is 1. The van der Waals surface area contributed by atoms with Crippen LogP contribution in [-0.4, -0.2) is 31.4 Å². The van der Waals surface area contributed by atoms with Crippen LogP contribution in [-0.2, 0) is 13.1 Å². The SMILES string of the molecule is CCCCOc1ncccc1CNC(=NC)NCc1ccc2c(c1)OCO2.I. The Bertz CT molecular complexity index is 786. The number of nitrogens with one attached hydrogen (secondary N) is 2. The number of guanidine groups is 1. The molecule has 28 heavy (non-hydrogen) atoms. The lowest BCUT2D eigenvalue weighted by Crippen LogP contribution is -2.36. The van der Waals surface area contributed by atoms with Gasteiger partial charge >= 0.3 is 0 Å². The highest BCUT2D eigenvalue weighted by Gasteiger charge is 2.13. The molecule has 0 aliphatic carbocycles. The van der Waals surface area contributed by atoms with Crippen LogP contribution in [0, 0.1) is 0 Å². The molecule has 7 nitrogen and oxygen atoms in total. The molecule has 3 rings (SSSR count). The van der Waals surface area contributed by atoms with E-state index in [1.807, 2.05) is 30.3 Å². The first-order valence-electron chi connectivity index (χ1n) is 9.20. The van der Waals surface area contributed by atoms with E-state index in [1.165, 1.54) is 0 Å². The van der Waals surface area contributed by atoms with Gasteiger partial charge in [-0.25, -0.2) is 4.98 Å². The molecule has 0 spiro atoms. The Labute approximate surface area is 182 Å². The van der Waals surface area contributed by atoms with Gasteiger partial charge in [-0.2, -0.15) is 0 Å². The quantitative estimate of drug-likeness (QED) is 0.251. The maximum absolute atomic E-state index is 5.78. The topological polar surface area (TPSA) is 77.0 Å². The van der Waals surface area contributed by atoms with E-state index in [0.717, 1.165) is 35.5 Å². The summed E-state index contributed by atoms with van der Waals surface area (Å²) in [5, 5.41) is 6.60. The van der Waals surface area contributed by atoms with Gasteiger partial charge in [-0.3, -0.25) is 4.99 Å². The van der Waals surface area contributed by atoms with Crippen LogP contribution in [0.4, 0.5) is 0 Å². The van der Waals surface area contributed by atoms with Gasteiger partial charge in [0.15, 0.2) is 17.5 Å². The van der Waals surface area contributed by atoms with Crippen molar-refractivity contribution < 1.29 is 14.2 Å². The zero-order valence-electron chi connectivity index (χ0n) is 16.2. The maximum Gasteiger partial charge on any atom is 0.231 e. The van der Waals surface area contributed by atoms with Gasteiger partial charge in [0.05, 0.1) is 6.61 Å². The average molecular weight is 498 g/mol. The largest absolute Gasteiger partial charge is 0.477 e. The van der Waals surface area contributed by atoms with E-state index in [4.69, 9.17) is 14.2 Å². The summed E-state index contributed by atoms with van der Waals surface area (Å²) in [5.41, 5.74) is 2.09. The summed E-state index contributed by atoms with van der Waals surface area (Å²) in [6.45, 7) is 4.31. The molecule has 152 valence electrons. The van der Waals surface area contributed by atoms with Crippen molar-refractivity contribution in [3.05, 3.63) is 47.7 Å². The number of halogens is 1. The third kappa shape index (κ3) is 6.15. The van der Waals surface area contributed by atoms with E-state index in [-0.39, 0.29) is 30.8 Å². The van der Waals surface area contributed by atoms with Gasteiger partial charge in [-0.15, -0.1) is 24.0 Å². The van der Waals surface area contributed by atoms with Gasteiger partial charge in [0, 0.05) is 31.9 Å². The van der Waals surface area contributed by atoms with E-state index in [1.54, 1.807) is 13.2 Å². The number of fused-ring (bicyclic) bond motifs is 1. The molecule has 0 amide bonds. The summed E-state index contributed by atoms with van der Waals surface area (Å²) in [4.78, 5) is 8.61. The first kappa shape index (κ1) is 22.1. The molecular weight excluding hydrogens is 471 g/mol. The number of benzene rings is 1. The highest BCUT2D eigenvalue weighted by molar-refractivity contribution is 14.0. The fraction of sp³-hybridized carbons (Fsp3) is 0.400. The fourth-order valence-corrected chi connectivity index (χ4v) is 2.64. The van der Waals surface area contributed by atoms with Crippen molar-refractivity contribution >= 4 is 29.9 Å². The van der Waals surface area contributed by atoms with Crippen LogP contribution < -0.4 is 24.8 Å². The maximum atomic E-state index is 5.78. The first-order chi connectivity index (χ1) is 13.3. The normalized spacial score (nSPS) is 12.3. The zero-order valence-corrected chi connectivity index (χ0v) is 18.6. The molecule has 0 fully saturated rings. The number of hydrogen-bond acceptors (Lipinski definition) is 5. The zero-order chi connectivity index (χ0) is 18.9. The molecule has 0 saturated heterocycles. The Morgan fingerprint density at radius 1 is 1.18 bits per heavy atom. The second-order valence-electron chi connectivity index (χ2n) is 6.14. The Morgan fingerprint density at radius 3 is 2.82 bits per heavy atom. The molecule has 0 atom stereocenters. The molecule has 0 bridgehead atoms. The van der Waals surface area contributed by atoms with Crippen molar-refractivity contribution in [3.8, 4) is 17.4 Å². The van der Waals surface area contributed by atoms with Crippen molar-refractivity contribution in [2.24, 2.45) is 4.99 Å². The van der Waals surface area contributed by atoms with Crippen LogP contribution in [0.2, 0.25) is 0 Å². The highest BCUT2D eigenvalue weighted by atomic mass is 127. The molecule has 8 heteroatoms. The van der Waals surface area contributed by atoms with Crippen LogP contribution in [0.5, 0.6) is 17.4 Å². The van der Waals surface area contributed by atoms with Crippen molar-refractivity contribution in [3.63, 3.8) is 0 Å². The van der Waals surface area contributed by atoms with Gasteiger partial charge in [-0.05, 0) is 30.2 Å². The summed E-state index contributed by atoms with van der Waals surface area (Å²) in [7, 11) is 1.75. The minimum atomic E-state index is 0. The van der Waals surface area contributed by atoms with Gasteiger partial charge < -0.3 is 24.8 Å². The summed E-state index contributed by atoms with van der Waals surface area (Å²) in [6, 6.07) is 9.82. The van der Waals surface area contributed by atoms with E-state index < -0.39 is 0 Å². The molecule has 1 aromatic heterocycles. The number of aliphatic imine (C=N–C) groups is 1. The van der Waals surface area contributed by atoms with Crippen LogP contribution in [0.25, 0.3) is 0 Å². The number of rotatable bonds is 8. The Balaban J connectivity index is 0.00000280. The molecule has 2 N–H and O–H groups in total. The van der Waals surface area contributed by atoms with Crippen molar-refractivity contribution in [2.75, 3.05) is 20.4 Å². The second-order valence-corrected chi connectivity index (χ2v) is 6.14. The number of pyridine rings is 1. The predicted octanol–water partition coefficient (Wildman–Crippen LogP) is 3.47. The molecule has 1 aliphatic heterocycles. The van der Waals surface area contributed by atoms with Crippen molar-refractivity contribution in [2.45, 2.75) is 32.9 Å². The number of hydrogen-bond donors (Lipinski definition) is 2. The Hall–Kier alpha value is -2.23. The lowest BCUT2D eigenvalue weighted by Gasteiger charge is -2.14. The van der Waals surface area contributed by atoms with Gasteiger partial charge in [0.25, 0.3) is 0 Å². The molecule has 0 saturated carbocycles. The average Bonchev–Trinajstić information content (AvgIpc) is 3.17. The predicted molar refractivity (Wildman–Crippen MR) is 120 cm³/mol. The number of ether oxygens (including phenoxy) is 3. The van der Waals surface area contributed by atoms with Crippen molar-refractivity contribution in [1.82, 2.24) is 15.6 Å². The Kier molecular flexibility index (Phi) is 9.12. The smallest absolute Gasteiger partial charge is 0.231 e. The first-order valence-corrected chi connectivity index (χ1v) is 9.20. The summed E-state index contributed by atoms with van der Waals surface area (Å²) in [6.07, 6.45) is 3.86. The number of nitrogens with zero attached hydrogens (tertiary/aromatic N) is 2. The lowest BCUT2D eigenvalue weighted by molar-refractivity contribution is 0.174. The summed E-state index contributed by atoms with van der Waals surface area (Å²) in [5.74, 6) is 2.94. The van der Waals surface area contributed by atoms with Gasteiger partial charge in [0.1, 0.15) is 0 Å².